The van der Waals surface area contributed by atoms with Gasteiger partial charge in [0.05, 0.1) is 6.67 Å². The molecule has 0 heterocycles. The molecule has 0 aliphatic heterocycles. The van der Waals surface area contributed by atoms with Crippen LogP contribution in [0.15, 0.2) is 16.6 Å². The zero-order valence-electron chi connectivity index (χ0n) is 7.24. The maximum absolute atomic E-state index is 13.2. The van der Waals surface area contributed by atoms with Crippen LogP contribution in [0, 0.1) is 11.6 Å². The fourth-order valence-electron chi connectivity index (χ4n) is 1.17. The second-order valence-electron chi connectivity index (χ2n) is 2.87. The van der Waals surface area contributed by atoms with E-state index in [-0.39, 0.29) is 12.0 Å². The van der Waals surface area contributed by atoms with Crippen LogP contribution >= 0.6 is 15.9 Å². The van der Waals surface area contributed by atoms with Crippen molar-refractivity contribution in [1.29, 1.82) is 0 Å². The van der Waals surface area contributed by atoms with E-state index in [1.165, 1.54) is 0 Å². The molecule has 0 fully saturated rings. The summed E-state index contributed by atoms with van der Waals surface area (Å²) in [5, 5.41) is 0. The predicted octanol–water partition coefficient (Wildman–Crippen LogP) is 3.09. The smallest absolute Gasteiger partial charge is 0.132 e. The number of nitrogens with two attached hydrogens (primary N) is 1. The summed E-state index contributed by atoms with van der Waals surface area (Å²) in [5.41, 5.74) is 5.16. The molecule has 2 N–H and O–H groups in total. The van der Waals surface area contributed by atoms with Gasteiger partial charge >= 0.3 is 0 Å². The van der Waals surface area contributed by atoms with Gasteiger partial charge in [-0.1, -0.05) is 15.9 Å². The average molecular weight is 268 g/mol. The Morgan fingerprint density at radius 1 is 1.29 bits per heavy atom. The molecule has 0 spiro atoms. The minimum atomic E-state index is -0.937. The highest BCUT2D eigenvalue weighted by Crippen LogP contribution is 2.25. The highest BCUT2D eigenvalue weighted by molar-refractivity contribution is 9.10. The summed E-state index contributed by atoms with van der Waals surface area (Å²) in [5.74, 6) is -1.50. The normalized spacial score (nSPS) is 12.9. The molecule has 0 radical (unpaired) electrons. The summed E-state index contributed by atoms with van der Waals surface area (Å²) in [6.45, 7) is -0.698. The molecule has 1 aromatic rings. The third kappa shape index (κ3) is 2.48. The molecule has 0 aliphatic rings. The molecular weight excluding hydrogens is 259 g/mol. The topological polar surface area (TPSA) is 26.0 Å². The van der Waals surface area contributed by atoms with Crippen molar-refractivity contribution in [2.75, 3.05) is 6.67 Å². The van der Waals surface area contributed by atoms with E-state index in [1.807, 2.05) is 0 Å². The lowest BCUT2D eigenvalue weighted by molar-refractivity contribution is 0.425. The van der Waals surface area contributed by atoms with Crippen molar-refractivity contribution < 1.29 is 13.2 Å². The summed E-state index contributed by atoms with van der Waals surface area (Å²) in [6, 6.07) is 1.28. The lowest BCUT2D eigenvalue weighted by Gasteiger charge is -2.12. The first-order valence-electron chi connectivity index (χ1n) is 4.02. The molecule has 0 saturated heterocycles. The van der Waals surface area contributed by atoms with Crippen LogP contribution in [0.5, 0.6) is 0 Å². The summed E-state index contributed by atoms with van der Waals surface area (Å²) in [7, 11) is 0. The zero-order valence-corrected chi connectivity index (χ0v) is 8.82. The Balaban J connectivity index is 3.07. The number of alkyl halides is 1. The number of benzene rings is 1. The molecule has 1 rings (SSSR count). The number of rotatable bonds is 3. The molecule has 1 nitrogen and oxygen atoms in total. The quantitative estimate of drug-likeness (QED) is 0.895. The monoisotopic (exact) mass is 267 g/mol. The molecule has 0 saturated carbocycles. The number of halogens is 4. The lowest BCUT2D eigenvalue weighted by atomic mass is 10.0. The Morgan fingerprint density at radius 2 is 1.79 bits per heavy atom. The molecule has 5 heteroatoms. The number of hydrogen-bond donors (Lipinski definition) is 1. The largest absolute Gasteiger partial charge is 0.324 e. The average Bonchev–Trinajstić information content (AvgIpc) is 2.01. The van der Waals surface area contributed by atoms with Gasteiger partial charge in [0, 0.05) is 16.1 Å². The van der Waals surface area contributed by atoms with Gasteiger partial charge < -0.3 is 5.73 Å². The van der Waals surface area contributed by atoms with Crippen LogP contribution in [-0.2, 0) is 0 Å². The van der Waals surface area contributed by atoms with Crippen LogP contribution < -0.4 is 5.73 Å². The SMILES string of the molecule is N[C@H](CCF)c1c(F)cc(Br)cc1F. The van der Waals surface area contributed by atoms with Crippen molar-refractivity contribution in [1.82, 2.24) is 0 Å². The first-order valence-corrected chi connectivity index (χ1v) is 4.81. The minimum Gasteiger partial charge on any atom is -0.324 e. The molecule has 14 heavy (non-hydrogen) atoms. The van der Waals surface area contributed by atoms with Crippen molar-refractivity contribution >= 4 is 15.9 Å². The van der Waals surface area contributed by atoms with Gasteiger partial charge in [0.15, 0.2) is 0 Å². The third-order valence-electron chi connectivity index (χ3n) is 1.83. The van der Waals surface area contributed by atoms with Gasteiger partial charge in [-0.25, -0.2) is 8.78 Å². The maximum atomic E-state index is 13.2. The van der Waals surface area contributed by atoms with Gasteiger partial charge in [0.1, 0.15) is 11.6 Å². The minimum absolute atomic E-state index is 0.0878. The Morgan fingerprint density at radius 3 is 2.21 bits per heavy atom. The van der Waals surface area contributed by atoms with Gasteiger partial charge in [-0.3, -0.25) is 4.39 Å². The first kappa shape index (κ1) is 11.5. The second kappa shape index (κ2) is 4.79. The van der Waals surface area contributed by atoms with Gasteiger partial charge in [-0.15, -0.1) is 0 Å². The Hall–Kier alpha value is -0.550. The van der Waals surface area contributed by atoms with E-state index in [1.54, 1.807) is 0 Å². The van der Waals surface area contributed by atoms with Crippen LogP contribution in [0.1, 0.15) is 18.0 Å². The highest BCUT2D eigenvalue weighted by Gasteiger charge is 2.17. The Kier molecular flexibility index (Phi) is 3.95. The summed E-state index contributed by atoms with van der Waals surface area (Å²) in [6.07, 6.45) is -0.0878. The molecule has 0 amide bonds. The standard InChI is InChI=1S/C9H9BrF3N/c10-5-3-6(12)9(7(13)4-5)8(14)1-2-11/h3-4,8H,1-2,14H2/t8-/m1/s1. The van der Waals surface area contributed by atoms with Gasteiger partial charge in [0.25, 0.3) is 0 Å². The Bertz CT molecular complexity index is 307. The van der Waals surface area contributed by atoms with Gasteiger partial charge in [-0.2, -0.15) is 0 Å². The molecule has 78 valence electrons. The lowest BCUT2D eigenvalue weighted by Crippen LogP contribution is -2.15. The van der Waals surface area contributed by atoms with E-state index in [9.17, 15) is 13.2 Å². The number of hydrogen-bond acceptors (Lipinski definition) is 1. The van der Waals surface area contributed by atoms with E-state index < -0.39 is 24.4 Å². The van der Waals surface area contributed by atoms with Crippen molar-refractivity contribution in [3.63, 3.8) is 0 Å². The van der Waals surface area contributed by atoms with E-state index in [0.29, 0.717) is 4.47 Å². The van der Waals surface area contributed by atoms with Crippen molar-refractivity contribution in [3.05, 3.63) is 33.8 Å². The molecule has 0 unspecified atom stereocenters. The molecule has 0 aromatic heterocycles. The summed E-state index contributed by atoms with van der Waals surface area (Å²) >= 11 is 2.94. The van der Waals surface area contributed by atoms with E-state index in [2.05, 4.69) is 15.9 Å². The van der Waals surface area contributed by atoms with E-state index in [4.69, 9.17) is 5.73 Å². The first-order chi connectivity index (χ1) is 6.56. The van der Waals surface area contributed by atoms with Gasteiger partial charge in [-0.05, 0) is 18.6 Å². The fraction of sp³-hybridized carbons (Fsp3) is 0.333. The second-order valence-corrected chi connectivity index (χ2v) is 3.78. The molecule has 0 bridgehead atoms. The van der Waals surface area contributed by atoms with Crippen LogP contribution in [-0.4, -0.2) is 6.67 Å². The zero-order chi connectivity index (χ0) is 10.7. The van der Waals surface area contributed by atoms with Crippen LogP contribution in [0.3, 0.4) is 0 Å². The fourth-order valence-corrected chi connectivity index (χ4v) is 1.57. The highest BCUT2D eigenvalue weighted by atomic mass is 79.9. The summed E-state index contributed by atoms with van der Waals surface area (Å²) < 4.78 is 38.7. The molecule has 0 aliphatic carbocycles. The predicted molar refractivity (Wildman–Crippen MR) is 51.6 cm³/mol. The molecule has 1 aromatic carbocycles. The Labute approximate surface area is 88.2 Å². The summed E-state index contributed by atoms with van der Waals surface area (Å²) in [4.78, 5) is 0. The molecule has 1 atom stereocenters. The maximum Gasteiger partial charge on any atom is 0.132 e. The van der Waals surface area contributed by atoms with Crippen molar-refractivity contribution in [2.24, 2.45) is 5.73 Å². The van der Waals surface area contributed by atoms with Gasteiger partial charge in [0.2, 0.25) is 0 Å². The van der Waals surface area contributed by atoms with Crippen molar-refractivity contribution in [3.8, 4) is 0 Å². The van der Waals surface area contributed by atoms with Crippen LogP contribution in [0.4, 0.5) is 13.2 Å². The van der Waals surface area contributed by atoms with Crippen LogP contribution in [0.2, 0.25) is 0 Å². The van der Waals surface area contributed by atoms with Crippen LogP contribution in [0.25, 0.3) is 0 Å². The third-order valence-corrected chi connectivity index (χ3v) is 2.29. The van der Waals surface area contributed by atoms with E-state index >= 15 is 0 Å². The molecular formula is C9H9BrF3N. The van der Waals surface area contributed by atoms with Crippen molar-refractivity contribution in [2.45, 2.75) is 12.5 Å². The van der Waals surface area contributed by atoms with E-state index in [0.717, 1.165) is 12.1 Å².